The summed E-state index contributed by atoms with van der Waals surface area (Å²) in [6.07, 6.45) is 2.60. The van der Waals surface area contributed by atoms with Crippen molar-refractivity contribution in [3.8, 4) is 0 Å². The normalized spacial score (nSPS) is 25.3. The topological polar surface area (TPSA) is 56.3 Å². The Bertz CT molecular complexity index is 387. The summed E-state index contributed by atoms with van der Waals surface area (Å²) >= 11 is 1.46. The van der Waals surface area contributed by atoms with Crippen molar-refractivity contribution in [3.05, 3.63) is 16.6 Å². The molecule has 0 radical (unpaired) electrons. The van der Waals surface area contributed by atoms with Gasteiger partial charge in [0.05, 0.1) is 12.1 Å². The Balaban J connectivity index is 2.28. The van der Waals surface area contributed by atoms with Gasteiger partial charge in [-0.15, -0.1) is 11.3 Å². The largest absolute Gasteiger partial charge is 0.465 e. The predicted molar refractivity (Wildman–Crippen MR) is 54.5 cm³/mol. The average Bonchev–Trinajstić information content (AvgIpc) is 2.78. The standard InChI is InChI=1S/C10H11NO3S/c1-7(12)10(2-3-14-9(10)13)4-8-5-11-6-15-8/h5-6H,2-4H2,1H3. The molecule has 1 aliphatic rings. The van der Waals surface area contributed by atoms with E-state index in [4.69, 9.17) is 4.74 Å². The highest BCUT2D eigenvalue weighted by atomic mass is 32.1. The Hall–Kier alpha value is -1.23. The number of ether oxygens (including phenoxy) is 1. The third-order valence-electron chi connectivity index (χ3n) is 2.79. The molecule has 2 rings (SSSR count). The van der Waals surface area contributed by atoms with Gasteiger partial charge in [0, 0.05) is 23.9 Å². The Morgan fingerprint density at radius 3 is 3.00 bits per heavy atom. The summed E-state index contributed by atoms with van der Waals surface area (Å²) in [6.45, 7) is 1.80. The van der Waals surface area contributed by atoms with Crippen LogP contribution in [-0.2, 0) is 20.7 Å². The monoisotopic (exact) mass is 225 g/mol. The number of hydrogen-bond donors (Lipinski definition) is 0. The minimum Gasteiger partial charge on any atom is -0.465 e. The smallest absolute Gasteiger partial charge is 0.320 e. The SMILES string of the molecule is CC(=O)C1(Cc2cncs2)CCOC1=O. The molecule has 80 valence electrons. The molecule has 1 fully saturated rings. The number of carbonyl (C=O) groups excluding carboxylic acids is 2. The Labute approximate surface area is 91.3 Å². The third kappa shape index (κ3) is 1.67. The molecule has 0 spiro atoms. The van der Waals surface area contributed by atoms with Gasteiger partial charge in [-0.25, -0.2) is 0 Å². The van der Waals surface area contributed by atoms with Gasteiger partial charge in [-0.2, -0.15) is 0 Å². The van der Waals surface area contributed by atoms with Crippen molar-refractivity contribution >= 4 is 23.1 Å². The molecule has 0 aromatic carbocycles. The maximum atomic E-state index is 11.6. The lowest BCUT2D eigenvalue weighted by atomic mass is 9.79. The second-order valence-corrected chi connectivity index (χ2v) is 4.64. The summed E-state index contributed by atoms with van der Waals surface area (Å²) in [7, 11) is 0. The molecule has 1 unspecified atom stereocenters. The van der Waals surface area contributed by atoms with Gasteiger partial charge in [0.2, 0.25) is 0 Å². The van der Waals surface area contributed by atoms with Gasteiger partial charge in [0.25, 0.3) is 0 Å². The van der Waals surface area contributed by atoms with Gasteiger partial charge < -0.3 is 4.74 Å². The molecule has 1 atom stereocenters. The summed E-state index contributed by atoms with van der Waals surface area (Å²) in [6, 6.07) is 0. The number of nitrogens with zero attached hydrogens (tertiary/aromatic N) is 1. The Morgan fingerprint density at radius 1 is 1.73 bits per heavy atom. The first-order valence-corrected chi connectivity index (χ1v) is 5.59. The van der Waals surface area contributed by atoms with E-state index in [0.29, 0.717) is 19.4 Å². The van der Waals surface area contributed by atoms with Crippen molar-refractivity contribution in [1.82, 2.24) is 4.98 Å². The van der Waals surface area contributed by atoms with Gasteiger partial charge >= 0.3 is 5.97 Å². The number of thiazole rings is 1. The maximum absolute atomic E-state index is 11.6. The first kappa shape index (κ1) is 10.3. The Morgan fingerprint density at radius 2 is 2.53 bits per heavy atom. The highest BCUT2D eigenvalue weighted by molar-refractivity contribution is 7.09. The van der Waals surface area contributed by atoms with E-state index in [2.05, 4.69) is 4.98 Å². The zero-order valence-electron chi connectivity index (χ0n) is 8.36. The number of rotatable bonds is 3. The molecule has 0 bridgehead atoms. The van der Waals surface area contributed by atoms with Crippen molar-refractivity contribution in [2.45, 2.75) is 19.8 Å². The van der Waals surface area contributed by atoms with Gasteiger partial charge in [0.1, 0.15) is 11.2 Å². The van der Waals surface area contributed by atoms with Crippen molar-refractivity contribution in [2.75, 3.05) is 6.61 Å². The number of aromatic nitrogens is 1. The molecule has 1 aliphatic heterocycles. The third-order valence-corrected chi connectivity index (χ3v) is 3.57. The molecule has 0 saturated carbocycles. The molecule has 2 heterocycles. The fraction of sp³-hybridized carbons (Fsp3) is 0.500. The van der Waals surface area contributed by atoms with Crippen LogP contribution in [0, 0.1) is 5.41 Å². The predicted octanol–water partition coefficient (Wildman–Crippen LogP) is 1.21. The maximum Gasteiger partial charge on any atom is 0.320 e. The summed E-state index contributed by atoms with van der Waals surface area (Å²) in [5, 5.41) is 0. The minimum absolute atomic E-state index is 0.113. The van der Waals surface area contributed by atoms with Crippen LogP contribution in [0.5, 0.6) is 0 Å². The lowest BCUT2D eigenvalue weighted by molar-refractivity contribution is -0.150. The van der Waals surface area contributed by atoms with E-state index in [0.717, 1.165) is 4.88 Å². The van der Waals surface area contributed by atoms with Crippen LogP contribution in [0.2, 0.25) is 0 Å². The molecule has 0 aliphatic carbocycles. The van der Waals surface area contributed by atoms with Crippen LogP contribution in [0.25, 0.3) is 0 Å². The molecule has 1 aromatic heterocycles. The number of cyclic esters (lactones) is 1. The molecule has 5 heteroatoms. The van der Waals surface area contributed by atoms with Crippen molar-refractivity contribution < 1.29 is 14.3 Å². The van der Waals surface area contributed by atoms with E-state index in [9.17, 15) is 9.59 Å². The number of hydrogen-bond acceptors (Lipinski definition) is 5. The van der Waals surface area contributed by atoms with E-state index < -0.39 is 5.41 Å². The molecule has 0 amide bonds. The van der Waals surface area contributed by atoms with Gasteiger partial charge in [0.15, 0.2) is 0 Å². The number of ketones is 1. The molecule has 1 saturated heterocycles. The lowest BCUT2D eigenvalue weighted by Gasteiger charge is -2.19. The quantitative estimate of drug-likeness (QED) is 0.573. The van der Waals surface area contributed by atoms with Gasteiger partial charge in [-0.05, 0) is 6.92 Å². The number of Topliss-reactive ketones (excluding diaryl/α,β-unsaturated/α-hetero) is 1. The van der Waals surface area contributed by atoms with Gasteiger partial charge in [-0.1, -0.05) is 0 Å². The van der Waals surface area contributed by atoms with Crippen LogP contribution in [0.3, 0.4) is 0 Å². The fourth-order valence-electron chi connectivity index (χ4n) is 1.79. The van der Waals surface area contributed by atoms with Crippen LogP contribution in [-0.4, -0.2) is 23.3 Å². The minimum atomic E-state index is -0.952. The van der Waals surface area contributed by atoms with E-state index in [1.807, 2.05) is 0 Å². The van der Waals surface area contributed by atoms with E-state index in [1.54, 1.807) is 11.7 Å². The van der Waals surface area contributed by atoms with Crippen LogP contribution < -0.4 is 0 Å². The summed E-state index contributed by atoms with van der Waals surface area (Å²) in [5.74, 6) is -0.498. The van der Waals surface area contributed by atoms with E-state index >= 15 is 0 Å². The lowest BCUT2D eigenvalue weighted by Crippen LogP contribution is -2.36. The second kappa shape index (κ2) is 3.73. The van der Waals surface area contributed by atoms with Crippen molar-refractivity contribution in [3.63, 3.8) is 0 Å². The van der Waals surface area contributed by atoms with E-state index in [1.165, 1.54) is 18.3 Å². The molecular weight excluding hydrogens is 214 g/mol. The first-order chi connectivity index (χ1) is 7.15. The number of carbonyl (C=O) groups is 2. The van der Waals surface area contributed by atoms with Gasteiger partial charge in [-0.3, -0.25) is 14.6 Å². The highest BCUT2D eigenvalue weighted by Crippen LogP contribution is 2.35. The zero-order chi connectivity index (χ0) is 10.9. The number of esters is 1. The molecule has 1 aromatic rings. The van der Waals surface area contributed by atoms with Crippen LogP contribution in [0.15, 0.2) is 11.7 Å². The molecular formula is C10H11NO3S. The molecule has 15 heavy (non-hydrogen) atoms. The Kier molecular flexibility index (Phi) is 2.56. The zero-order valence-corrected chi connectivity index (χ0v) is 9.17. The van der Waals surface area contributed by atoms with Crippen LogP contribution in [0.1, 0.15) is 18.2 Å². The van der Waals surface area contributed by atoms with Crippen molar-refractivity contribution in [2.24, 2.45) is 5.41 Å². The summed E-state index contributed by atoms with van der Waals surface area (Å²) in [5.41, 5.74) is 0.746. The summed E-state index contributed by atoms with van der Waals surface area (Å²) in [4.78, 5) is 28.1. The summed E-state index contributed by atoms with van der Waals surface area (Å²) < 4.78 is 4.90. The first-order valence-electron chi connectivity index (χ1n) is 4.71. The van der Waals surface area contributed by atoms with E-state index in [-0.39, 0.29) is 11.8 Å². The van der Waals surface area contributed by atoms with Crippen LogP contribution >= 0.6 is 11.3 Å². The van der Waals surface area contributed by atoms with Crippen LogP contribution in [0.4, 0.5) is 0 Å². The molecule has 4 nitrogen and oxygen atoms in total. The average molecular weight is 225 g/mol. The second-order valence-electron chi connectivity index (χ2n) is 3.67. The fourth-order valence-corrected chi connectivity index (χ4v) is 2.50. The highest BCUT2D eigenvalue weighted by Gasteiger charge is 2.48. The molecule has 0 N–H and O–H groups in total. The van der Waals surface area contributed by atoms with Crippen molar-refractivity contribution in [1.29, 1.82) is 0 Å².